The van der Waals surface area contributed by atoms with Crippen LogP contribution in [0.25, 0.3) is 0 Å². The van der Waals surface area contributed by atoms with Crippen LogP contribution in [0.3, 0.4) is 0 Å². The minimum absolute atomic E-state index is 0.107. The number of aryl methyl sites for hydroxylation is 1. The Morgan fingerprint density at radius 3 is 2.50 bits per heavy atom. The summed E-state index contributed by atoms with van der Waals surface area (Å²) in [6, 6.07) is 5.20. The van der Waals surface area contributed by atoms with Crippen LogP contribution in [0.2, 0.25) is 0 Å². The van der Waals surface area contributed by atoms with E-state index in [1.807, 2.05) is 13.0 Å². The number of nitrogens with two attached hydrogens (primary N) is 1. The molecule has 1 aliphatic rings. The van der Waals surface area contributed by atoms with E-state index in [4.69, 9.17) is 5.84 Å². The Morgan fingerprint density at radius 2 is 2.00 bits per heavy atom. The van der Waals surface area contributed by atoms with E-state index in [0.717, 1.165) is 24.8 Å². The first-order chi connectivity index (χ1) is 9.49. The van der Waals surface area contributed by atoms with Crippen LogP contribution >= 0.6 is 0 Å². The first-order valence-electron chi connectivity index (χ1n) is 7.38. The summed E-state index contributed by atoms with van der Waals surface area (Å²) in [7, 11) is 4.26. The van der Waals surface area contributed by atoms with Gasteiger partial charge in [0.05, 0.1) is 0 Å². The van der Waals surface area contributed by atoms with Gasteiger partial charge in [-0.2, -0.15) is 0 Å². The zero-order valence-corrected chi connectivity index (χ0v) is 12.7. The number of hydrogen-bond donors (Lipinski definition) is 2. The molecule has 0 radical (unpaired) electrons. The quantitative estimate of drug-likeness (QED) is 0.642. The lowest BCUT2D eigenvalue weighted by molar-refractivity contribution is 0.104. The lowest BCUT2D eigenvalue weighted by Crippen LogP contribution is -2.60. The molecule has 1 aromatic carbocycles. The third kappa shape index (κ3) is 2.87. The van der Waals surface area contributed by atoms with Crippen LogP contribution < -0.4 is 11.3 Å². The van der Waals surface area contributed by atoms with Gasteiger partial charge in [-0.1, -0.05) is 18.9 Å². The summed E-state index contributed by atoms with van der Waals surface area (Å²) in [4.78, 5) is 2.31. The fraction of sp³-hybridized carbons (Fsp3) is 0.625. The monoisotopic (exact) mass is 279 g/mol. The van der Waals surface area contributed by atoms with Gasteiger partial charge in [0.15, 0.2) is 0 Å². The lowest BCUT2D eigenvalue weighted by atomic mass is 9.82. The van der Waals surface area contributed by atoms with Crippen LogP contribution in [0, 0.1) is 12.7 Å². The molecular weight excluding hydrogens is 253 g/mol. The summed E-state index contributed by atoms with van der Waals surface area (Å²) < 4.78 is 13.2. The molecule has 4 heteroatoms. The third-order valence-electron chi connectivity index (χ3n) is 4.94. The molecule has 20 heavy (non-hydrogen) atoms. The second-order valence-corrected chi connectivity index (χ2v) is 6.20. The number of hydrogen-bond acceptors (Lipinski definition) is 3. The predicted molar refractivity (Wildman–Crippen MR) is 80.8 cm³/mol. The maximum atomic E-state index is 13.2. The van der Waals surface area contributed by atoms with Crippen molar-refractivity contribution in [2.24, 2.45) is 5.84 Å². The number of likely N-dealkylation sites (N-methyl/N-ethyl adjacent to an activating group) is 1. The van der Waals surface area contributed by atoms with Crippen molar-refractivity contribution in [3.8, 4) is 0 Å². The molecule has 0 bridgehead atoms. The highest BCUT2D eigenvalue weighted by molar-refractivity contribution is 5.28. The van der Waals surface area contributed by atoms with Crippen LogP contribution in [-0.4, -0.2) is 30.6 Å². The predicted octanol–water partition coefficient (Wildman–Crippen LogP) is 2.38. The van der Waals surface area contributed by atoms with Crippen molar-refractivity contribution in [1.82, 2.24) is 10.3 Å². The van der Waals surface area contributed by atoms with Crippen molar-refractivity contribution >= 4 is 0 Å². The molecule has 1 atom stereocenters. The third-order valence-corrected chi connectivity index (χ3v) is 4.94. The Morgan fingerprint density at radius 1 is 1.35 bits per heavy atom. The first kappa shape index (κ1) is 15.4. The molecule has 2 rings (SSSR count). The van der Waals surface area contributed by atoms with E-state index in [2.05, 4.69) is 24.4 Å². The van der Waals surface area contributed by atoms with E-state index in [1.165, 1.54) is 24.5 Å². The van der Waals surface area contributed by atoms with Crippen molar-refractivity contribution in [1.29, 1.82) is 0 Å². The van der Waals surface area contributed by atoms with E-state index in [1.54, 1.807) is 6.07 Å². The Kier molecular flexibility index (Phi) is 4.78. The van der Waals surface area contributed by atoms with Crippen molar-refractivity contribution in [3.63, 3.8) is 0 Å². The van der Waals surface area contributed by atoms with Crippen molar-refractivity contribution in [2.75, 3.05) is 14.1 Å². The van der Waals surface area contributed by atoms with Crippen molar-refractivity contribution in [2.45, 2.75) is 50.6 Å². The van der Waals surface area contributed by atoms with Crippen LogP contribution in [0.15, 0.2) is 18.2 Å². The smallest absolute Gasteiger partial charge is 0.123 e. The molecule has 0 aromatic heterocycles. The van der Waals surface area contributed by atoms with Crippen molar-refractivity contribution < 1.29 is 4.39 Å². The molecule has 0 amide bonds. The second kappa shape index (κ2) is 6.20. The highest BCUT2D eigenvalue weighted by Gasteiger charge is 2.42. The fourth-order valence-corrected chi connectivity index (χ4v) is 3.61. The summed E-state index contributed by atoms with van der Waals surface area (Å²) in [5, 5.41) is 0. The molecule has 112 valence electrons. The minimum Gasteiger partial charge on any atom is -0.302 e. The number of hydrazine groups is 1. The fourth-order valence-electron chi connectivity index (χ4n) is 3.61. The summed E-state index contributed by atoms with van der Waals surface area (Å²) in [5.41, 5.74) is 5.29. The number of rotatable bonds is 5. The van der Waals surface area contributed by atoms with E-state index < -0.39 is 0 Å². The molecule has 3 N–H and O–H groups in total. The average Bonchev–Trinajstić information content (AvgIpc) is 2.88. The number of benzene rings is 1. The molecule has 1 unspecified atom stereocenters. The zero-order valence-electron chi connectivity index (χ0n) is 12.7. The van der Waals surface area contributed by atoms with Crippen LogP contribution in [-0.2, 0) is 6.42 Å². The van der Waals surface area contributed by atoms with Gasteiger partial charge in [0.25, 0.3) is 0 Å². The van der Waals surface area contributed by atoms with Gasteiger partial charge >= 0.3 is 0 Å². The summed E-state index contributed by atoms with van der Waals surface area (Å²) in [5.74, 6) is 5.68. The minimum atomic E-state index is -0.174. The Bertz CT molecular complexity index is 453. The highest BCUT2D eigenvalue weighted by Crippen LogP contribution is 2.37. The number of halogens is 1. The molecule has 0 saturated heterocycles. The van der Waals surface area contributed by atoms with Crippen molar-refractivity contribution in [3.05, 3.63) is 35.1 Å². The van der Waals surface area contributed by atoms with Gasteiger partial charge in [-0.05, 0) is 63.5 Å². The summed E-state index contributed by atoms with van der Waals surface area (Å²) in [6.45, 7) is 1.96. The normalized spacial score (nSPS) is 19.5. The van der Waals surface area contributed by atoms with Gasteiger partial charge in [-0.25, -0.2) is 4.39 Å². The maximum Gasteiger partial charge on any atom is 0.123 e. The lowest BCUT2D eigenvalue weighted by Gasteiger charge is -2.43. The molecule has 3 nitrogen and oxygen atoms in total. The highest BCUT2D eigenvalue weighted by atomic mass is 19.1. The Labute approximate surface area is 121 Å². The SMILES string of the molecule is Cc1cc(F)ccc1CC(NN)C1(N(C)C)CCCC1. The van der Waals surface area contributed by atoms with Gasteiger partial charge < -0.3 is 4.90 Å². The summed E-state index contributed by atoms with van der Waals surface area (Å²) in [6.07, 6.45) is 5.66. The first-order valence-corrected chi connectivity index (χ1v) is 7.38. The molecule has 1 saturated carbocycles. The molecule has 1 aliphatic carbocycles. The van der Waals surface area contributed by atoms with Gasteiger partial charge in [0, 0.05) is 11.6 Å². The topological polar surface area (TPSA) is 41.3 Å². The molecule has 1 fully saturated rings. The van der Waals surface area contributed by atoms with Crippen LogP contribution in [0.4, 0.5) is 4.39 Å². The van der Waals surface area contributed by atoms with E-state index >= 15 is 0 Å². The van der Waals surface area contributed by atoms with E-state index in [0.29, 0.717) is 0 Å². The van der Waals surface area contributed by atoms with Gasteiger partial charge in [0.2, 0.25) is 0 Å². The Hall–Kier alpha value is -0.970. The average molecular weight is 279 g/mol. The standard InChI is InChI=1S/C16H26FN3/c1-12-10-14(17)7-6-13(12)11-15(19-18)16(20(2)3)8-4-5-9-16/h6-7,10,15,19H,4-5,8-9,11,18H2,1-3H3. The molecule has 1 aromatic rings. The molecular formula is C16H26FN3. The van der Waals surface area contributed by atoms with E-state index in [9.17, 15) is 4.39 Å². The van der Waals surface area contributed by atoms with E-state index in [-0.39, 0.29) is 17.4 Å². The van der Waals surface area contributed by atoms with Crippen LogP contribution in [0.5, 0.6) is 0 Å². The zero-order chi connectivity index (χ0) is 14.8. The molecule has 0 heterocycles. The van der Waals surface area contributed by atoms with Crippen LogP contribution in [0.1, 0.15) is 36.8 Å². The van der Waals surface area contributed by atoms with Gasteiger partial charge in [-0.3, -0.25) is 11.3 Å². The number of nitrogens with one attached hydrogen (secondary N) is 1. The largest absolute Gasteiger partial charge is 0.302 e. The number of nitrogens with zero attached hydrogens (tertiary/aromatic N) is 1. The maximum absolute atomic E-state index is 13.2. The molecule has 0 aliphatic heterocycles. The molecule has 0 spiro atoms. The van der Waals surface area contributed by atoms with Gasteiger partial charge in [0.1, 0.15) is 5.82 Å². The van der Waals surface area contributed by atoms with Gasteiger partial charge in [-0.15, -0.1) is 0 Å². The second-order valence-electron chi connectivity index (χ2n) is 6.20. The summed E-state index contributed by atoms with van der Waals surface area (Å²) >= 11 is 0. The Balaban J connectivity index is 2.23.